The van der Waals surface area contributed by atoms with Gasteiger partial charge in [0.15, 0.2) is 0 Å². The molecular weight excluding hydrogens is 224 g/mol. The molecule has 0 heterocycles. The number of hydrogen-bond donors (Lipinski definition) is 1. The Labute approximate surface area is 101 Å². The van der Waals surface area contributed by atoms with Crippen LogP contribution in [-0.2, 0) is 11.3 Å². The highest BCUT2D eigenvalue weighted by Gasteiger charge is 2.07. The molecule has 1 amide bonds. The highest BCUT2D eigenvalue weighted by molar-refractivity contribution is 6.29. The molecule has 1 N–H and O–H groups in total. The molecule has 0 radical (unpaired) electrons. The van der Waals surface area contributed by atoms with Crippen molar-refractivity contribution in [1.82, 2.24) is 10.4 Å². The standard InChI is InChI=1S/C12H15ClN2O/c1-10(13)8-15(14-11(2)16)9-12-6-4-3-5-7-12/h3-7H,1,8-9H2,2H3,(H,14,16). The second-order valence-electron chi connectivity index (χ2n) is 3.53. The molecule has 0 fully saturated rings. The monoisotopic (exact) mass is 238 g/mol. The molecule has 16 heavy (non-hydrogen) atoms. The molecule has 0 spiro atoms. The summed E-state index contributed by atoms with van der Waals surface area (Å²) >= 11 is 5.73. The van der Waals surface area contributed by atoms with E-state index in [0.717, 1.165) is 5.56 Å². The van der Waals surface area contributed by atoms with Crippen LogP contribution in [0, 0.1) is 0 Å². The first-order valence-corrected chi connectivity index (χ1v) is 5.35. The number of nitrogens with zero attached hydrogens (tertiary/aromatic N) is 1. The van der Waals surface area contributed by atoms with E-state index < -0.39 is 0 Å². The van der Waals surface area contributed by atoms with Crippen LogP contribution in [0.25, 0.3) is 0 Å². The minimum absolute atomic E-state index is 0.117. The topological polar surface area (TPSA) is 32.3 Å². The molecule has 1 aromatic rings. The lowest BCUT2D eigenvalue weighted by atomic mass is 10.2. The van der Waals surface area contributed by atoms with Gasteiger partial charge in [0.25, 0.3) is 0 Å². The first-order valence-electron chi connectivity index (χ1n) is 4.97. The Morgan fingerprint density at radius 1 is 1.44 bits per heavy atom. The number of halogens is 1. The van der Waals surface area contributed by atoms with Crippen LogP contribution in [0.3, 0.4) is 0 Å². The predicted octanol–water partition coefficient (Wildman–Crippen LogP) is 2.29. The lowest BCUT2D eigenvalue weighted by molar-refractivity contribution is -0.123. The fourth-order valence-corrected chi connectivity index (χ4v) is 1.51. The molecule has 0 aromatic heterocycles. The Morgan fingerprint density at radius 3 is 2.56 bits per heavy atom. The molecule has 0 aliphatic heterocycles. The summed E-state index contributed by atoms with van der Waals surface area (Å²) in [5.41, 5.74) is 3.81. The second-order valence-corrected chi connectivity index (χ2v) is 4.06. The van der Waals surface area contributed by atoms with E-state index in [2.05, 4.69) is 12.0 Å². The van der Waals surface area contributed by atoms with Gasteiger partial charge in [-0.1, -0.05) is 48.5 Å². The van der Waals surface area contributed by atoms with Gasteiger partial charge in [-0.2, -0.15) is 0 Å². The number of hydrogen-bond acceptors (Lipinski definition) is 2. The van der Waals surface area contributed by atoms with Gasteiger partial charge in [0, 0.05) is 18.5 Å². The van der Waals surface area contributed by atoms with Crippen molar-refractivity contribution < 1.29 is 4.79 Å². The van der Waals surface area contributed by atoms with Crippen LogP contribution in [-0.4, -0.2) is 17.5 Å². The number of hydrazine groups is 1. The Hall–Kier alpha value is -1.32. The third kappa shape index (κ3) is 4.96. The summed E-state index contributed by atoms with van der Waals surface area (Å²) in [4.78, 5) is 11.0. The molecule has 0 atom stereocenters. The van der Waals surface area contributed by atoms with Crippen molar-refractivity contribution in [3.63, 3.8) is 0 Å². The molecule has 86 valence electrons. The highest BCUT2D eigenvalue weighted by Crippen LogP contribution is 2.06. The molecule has 0 unspecified atom stereocenters. The summed E-state index contributed by atoms with van der Waals surface area (Å²) in [5, 5.41) is 2.22. The van der Waals surface area contributed by atoms with Gasteiger partial charge < -0.3 is 0 Å². The van der Waals surface area contributed by atoms with Crippen molar-refractivity contribution in [2.75, 3.05) is 6.54 Å². The van der Waals surface area contributed by atoms with Crippen LogP contribution in [0.15, 0.2) is 41.9 Å². The molecule has 1 aromatic carbocycles. The maximum atomic E-state index is 11.0. The molecule has 0 aliphatic carbocycles. The summed E-state index contributed by atoms with van der Waals surface area (Å²) in [5.74, 6) is -0.117. The number of carbonyl (C=O) groups excluding carboxylic acids is 1. The third-order valence-electron chi connectivity index (χ3n) is 1.89. The lowest BCUT2D eigenvalue weighted by Gasteiger charge is -2.21. The minimum Gasteiger partial charge on any atom is -0.288 e. The van der Waals surface area contributed by atoms with Crippen LogP contribution in [0.2, 0.25) is 0 Å². The molecule has 3 nitrogen and oxygen atoms in total. The van der Waals surface area contributed by atoms with Crippen molar-refractivity contribution in [1.29, 1.82) is 0 Å². The molecule has 0 saturated heterocycles. The maximum absolute atomic E-state index is 11.0. The zero-order valence-electron chi connectivity index (χ0n) is 9.24. The smallest absolute Gasteiger partial charge is 0.231 e. The average Bonchev–Trinajstić information content (AvgIpc) is 2.16. The Kier molecular flexibility index (Phi) is 5.02. The van der Waals surface area contributed by atoms with E-state index in [0.29, 0.717) is 18.1 Å². The zero-order chi connectivity index (χ0) is 12.0. The van der Waals surface area contributed by atoms with Gasteiger partial charge in [-0.3, -0.25) is 10.2 Å². The number of benzene rings is 1. The molecule has 4 heteroatoms. The second kappa shape index (κ2) is 6.30. The number of carbonyl (C=O) groups is 1. The van der Waals surface area contributed by atoms with Crippen LogP contribution in [0.1, 0.15) is 12.5 Å². The van der Waals surface area contributed by atoms with E-state index in [1.165, 1.54) is 6.92 Å². The number of amides is 1. The zero-order valence-corrected chi connectivity index (χ0v) is 10.00. The van der Waals surface area contributed by atoms with E-state index >= 15 is 0 Å². The maximum Gasteiger partial charge on any atom is 0.231 e. The lowest BCUT2D eigenvalue weighted by Crippen LogP contribution is -2.41. The molecule has 0 bridgehead atoms. The van der Waals surface area contributed by atoms with E-state index in [-0.39, 0.29) is 5.91 Å². The van der Waals surface area contributed by atoms with Crippen molar-refractivity contribution in [2.45, 2.75) is 13.5 Å². The van der Waals surface area contributed by atoms with Crippen molar-refractivity contribution in [3.05, 3.63) is 47.5 Å². The van der Waals surface area contributed by atoms with E-state index in [1.807, 2.05) is 30.3 Å². The van der Waals surface area contributed by atoms with Crippen LogP contribution in [0.4, 0.5) is 0 Å². The van der Waals surface area contributed by atoms with Gasteiger partial charge >= 0.3 is 0 Å². The average molecular weight is 239 g/mol. The van der Waals surface area contributed by atoms with E-state index in [9.17, 15) is 4.79 Å². The van der Waals surface area contributed by atoms with Crippen molar-refractivity contribution >= 4 is 17.5 Å². The van der Waals surface area contributed by atoms with E-state index in [1.54, 1.807) is 5.01 Å². The van der Waals surface area contributed by atoms with Gasteiger partial charge in [-0.15, -0.1) is 0 Å². The van der Waals surface area contributed by atoms with Gasteiger partial charge in [-0.25, -0.2) is 5.01 Å². The highest BCUT2D eigenvalue weighted by atomic mass is 35.5. The minimum atomic E-state index is -0.117. The van der Waals surface area contributed by atoms with Crippen molar-refractivity contribution in [2.24, 2.45) is 0 Å². The normalized spacial score (nSPS) is 10.2. The summed E-state index contributed by atoms with van der Waals surface area (Å²) in [6.07, 6.45) is 0. The Morgan fingerprint density at radius 2 is 2.06 bits per heavy atom. The Bertz CT molecular complexity index is 349. The predicted molar refractivity (Wildman–Crippen MR) is 65.7 cm³/mol. The van der Waals surface area contributed by atoms with Crippen LogP contribution < -0.4 is 5.43 Å². The van der Waals surface area contributed by atoms with E-state index in [4.69, 9.17) is 11.6 Å². The summed E-state index contributed by atoms with van der Waals surface area (Å²) < 4.78 is 0. The van der Waals surface area contributed by atoms with Gasteiger partial charge in [0.05, 0.1) is 6.54 Å². The quantitative estimate of drug-likeness (QED) is 0.799. The fraction of sp³-hybridized carbons (Fsp3) is 0.250. The van der Waals surface area contributed by atoms with Gasteiger partial charge in [0.1, 0.15) is 0 Å². The molecule has 0 aliphatic rings. The number of rotatable bonds is 5. The third-order valence-corrected chi connectivity index (χ3v) is 2.01. The fourth-order valence-electron chi connectivity index (χ4n) is 1.37. The Balaban J connectivity index is 2.63. The SMILES string of the molecule is C=C(Cl)CN(Cc1ccccc1)NC(C)=O. The summed E-state index contributed by atoms with van der Waals surface area (Å²) in [7, 11) is 0. The van der Waals surface area contributed by atoms with Crippen LogP contribution in [0.5, 0.6) is 0 Å². The van der Waals surface area contributed by atoms with Gasteiger partial charge in [-0.05, 0) is 5.56 Å². The largest absolute Gasteiger partial charge is 0.288 e. The van der Waals surface area contributed by atoms with Crippen LogP contribution >= 0.6 is 11.6 Å². The molecule has 1 rings (SSSR count). The molecular formula is C12H15ClN2O. The number of nitrogens with one attached hydrogen (secondary N) is 1. The first-order chi connectivity index (χ1) is 7.58. The first kappa shape index (κ1) is 12.7. The molecule has 0 saturated carbocycles. The van der Waals surface area contributed by atoms with Gasteiger partial charge in [0.2, 0.25) is 5.91 Å². The van der Waals surface area contributed by atoms with Crippen molar-refractivity contribution in [3.8, 4) is 0 Å². The summed E-state index contributed by atoms with van der Waals surface area (Å²) in [6, 6.07) is 9.85. The summed E-state index contributed by atoms with van der Waals surface area (Å²) in [6.45, 7) is 6.11.